The maximum Gasteiger partial charge on any atom is 0.265 e. The zero-order valence-electron chi connectivity index (χ0n) is 10.4. The Morgan fingerprint density at radius 1 is 1.11 bits per heavy atom. The molecule has 6 nitrogen and oxygen atoms in total. The number of primary amides is 1. The van der Waals surface area contributed by atoms with Crippen LogP contribution in [0.3, 0.4) is 0 Å². The molecular formula is C12H14N2O4. The van der Waals surface area contributed by atoms with E-state index >= 15 is 0 Å². The van der Waals surface area contributed by atoms with Crippen LogP contribution in [0, 0.1) is 0 Å². The van der Waals surface area contributed by atoms with Crippen LogP contribution in [0.2, 0.25) is 0 Å². The maximum absolute atomic E-state index is 11.2. The molecule has 0 spiro atoms. The van der Waals surface area contributed by atoms with Gasteiger partial charge >= 0.3 is 0 Å². The molecule has 6 heteroatoms. The van der Waals surface area contributed by atoms with Gasteiger partial charge in [-0.25, -0.2) is 0 Å². The van der Waals surface area contributed by atoms with Gasteiger partial charge in [-0.1, -0.05) is 0 Å². The lowest BCUT2D eigenvalue weighted by Crippen LogP contribution is -2.10. The van der Waals surface area contributed by atoms with Crippen LogP contribution < -0.4 is 19.9 Å². The van der Waals surface area contributed by atoms with Crippen molar-refractivity contribution >= 4 is 16.8 Å². The fourth-order valence-electron chi connectivity index (χ4n) is 1.87. The van der Waals surface area contributed by atoms with Crippen LogP contribution in [0.4, 0.5) is 0 Å². The number of carbonyl (C=O) groups is 1. The number of aromatic amines is 1. The van der Waals surface area contributed by atoms with E-state index in [2.05, 4.69) is 4.98 Å². The first-order valence-corrected chi connectivity index (χ1v) is 5.23. The first-order chi connectivity index (χ1) is 8.62. The topological polar surface area (TPSA) is 86.6 Å². The van der Waals surface area contributed by atoms with E-state index in [4.69, 9.17) is 19.9 Å². The van der Waals surface area contributed by atoms with E-state index < -0.39 is 5.91 Å². The predicted octanol–water partition coefficient (Wildman–Crippen LogP) is 1.29. The molecule has 0 fully saturated rings. The molecule has 0 saturated heterocycles. The molecule has 3 N–H and O–H groups in total. The van der Waals surface area contributed by atoms with Crippen molar-refractivity contribution in [1.29, 1.82) is 0 Å². The highest BCUT2D eigenvalue weighted by Gasteiger charge is 2.18. The lowest BCUT2D eigenvalue weighted by Gasteiger charge is -2.11. The van der Waals surface area contributed by atoms with Crippen molar-refractivity contribution in [3.8, 4) is 17.2 Å². The Kier molecular flexibility index (Phi) is 3.01. The molecule has 96 valence electrons. The molecule has 0 radical (unpaired) electrons. The van der Waals surface area contributed by atoms with Gasteiger partial charge in [0, 0.05) is 11.5 Å². The molecule has 1 aromatic heterocycles. The van der Waals surface area contributed by atoms with E-state index in [0.29, 0.717) is 28.2 Å². The summed E-state index contributed by atoms with van der Waals surface area (Å²) in [5, 5.41) is 0.712. The number of amides is 1. The summed E-state index contributed by atoms with van der Waals surface area (Å²) in [7, 11) is 4.59. The van der Waals surface area contributed by atoms with Gasteiger partial charge in [-0.2, -0.15) is 0 Å². The standard InChI is InChI=1S/C12H14N2O4/c1-16-8-5-9(17-2)11(18-3)10-6(8)4-7(14-10)12(13)15/h4-5,14H,1-3H3,(H2,13,15). The van der Waals surface area contributed by atoms with Gasteiger partial charge in [-0.05, 0) is 6.07 Å². The van der Waals surface area contributed by atoms with Gasteiger partial charge in [0.2, 0.25) is 0 Å². The van der Waals surface area contributed by atoms with Crippen LogP contribution in [0.5, 0.6) is 17.2 Å². The highest BCUT2D eigenvalue weighted by molar-refractivity contribution is 6.01. The molecule has 1 amide bonds. The number of benzene rings is 1. The van der Waals surface area contributed by atoms with Crippen LogP contribution in [0.1, 0.15) is 10.5 Å². The van der Waals surface area contributed by atoms with Crippen molar-refractivity contribution in [3.63, 3.8) is 0 Å². The predicted molar refractivity (Wildman–Crippen MR) is 66.5 cm³/mol. The monoisotopic (exact) mass is 250 g/mol. The van der Waals surface area contributed by atoms with Crippen LogP contribution in [0.15, 0.2) is 12.1 Å². The molecule has 1 aromatic carbocycles. The van der Waals surface area contributed by atoms with Gasteiger partial charge in [0.05, 0.1) is 26.8 Å². The number of nitrogens with two attached hydrogens (primary N) is 1. The van der Waals surface area contributed by atoms with E-state index in [1.54, 1.807) is 12.1 Å². The third kappa shape index (κ3) is 1.71. The molecule has 1 heterocycles. The summed E-state index contributed by atoms with van der Waals surface area (Å²) in [5.41, 5.74) is 6.15. The molecule has 0 saturated carbocycles. The largest absolute Gasteiger partial charge is 0.496 e. The molecule has 0 aliphatic heterocycles. The summed E-state index contributed by atoms with van der Waals surface area (Å²) >= 11 is 0. The highest BCUT2D eigenvalue weighted by Crippen LogP contribution is 2.41. The molecule has 18 heavy (non-hydrogen) atoms. The van der Waals surface area contributed by atoms with Gasteiger partial charge in [0.1, 0.15) is 11.4 Å². The zero-order chi connectivity index (χ0) is 13.3. The smallest absolute Gasteiger partial charge is 0.265 e. The van der Waals surface area contributed by atoms with Crippen LogP contribution in [-0.4, -0.2) is 32.2 Å². The van der Waals surface area contributed by atoms with Gasteiger partial charge in [0.15, 0.2) is 11.5 Å². The van der Waals surface area contributed by atoms with Gasteiger partial charge in [-0.15, -0.1) is 0 Å². The van der Waals surface area contributed by atoms with E-state index in [1.807, 2.05) is 0 Å². The molecule has 2 aromatic rings. The number of ether oxygens (including phenoxy) is 3. The fourth-order valence-corrected chi connectivity index (χ4v) is 1.87. The second kappa shape index (κ2) is 4.48. The molecule has 0 bridgehead atoms. The Hall–Kier alpha value is -2.37. The average molecular weight is 250 g/mol. The summed E-state index contributed by atoms with van der Waals surface area (Å²) < 4.78 is 15.7. The fraction of sp³-hybridized carbons (Fsp3) is 0.250. The highest BCUT2D eigenvalue weighted by atomic mass is 16.5. The summed E-state index contributed by atoms with van der Waals surface area (Å²) in [6, 6.07) is 3.32. The number of methoxy groups -OCH3 is 3. The molecular weight excluding hydrogens is 236 g/mol. The van der Waals surface area contributed by atoms with Crippen molar-refractivity contribution in [2.75, 3.05) is 21.3 Å². The molecule has 0 aliphatic carbocycles. The second-order valence-corrected chi connectivity index (χ2v) is 3.65. The lowest BCUT2D eigenvalue weighted by atomic mass is 10.2. The summed E-state index contributed by atoms with van der Waals surface area (Å²) in [5.74, 6) is 1.04. The van der Waals surface area contributed by atoms with Gasteiger partial charge in [-0.3, -0.25) is 4.79 Å². The number of fused-ring (bicyclic) bond motifs is 1. The Morgan fingerprint density at radius 2 is 1.78 bits per heavy atom. The zero-order valence-corrected chi connectivity index (χ0v) is 10.4. The number of rotatable bonds is 4. The Morgan fingerprint density at radius 3 is 2.28 bits per heavy atom. The third-order valence-electron chi connectivity index (χ3n) is 2.71. The Bertz CT molecular complexity index is 604. The lowest BCUT2D eigenvalue weighted by molar-refractivity contribution is 0.0996. The number of nitrogens with one attached hydrogen (secondary N) is 1. The van der Waals surface area contributed by atoms with Gasteiger partial charge in [0.25, 0.3) is 5.91 Å². The molecule has 0 aliphatic rings. The van der Waals surface area contributed by atoms with Gasteiger partial charge < -0.3 is 24.9 Å². The Labute approximate surface area is 104 Å². The average Bonchev–Trinajstić information content (AvgIpc) is 2.81. The van der Waals surface area contributed by atoms with E-state index in [9.17, 15) is 4.79 Å². The first-order valence-electron chi connectivity index (χ1n) is 5.23. The number of H-pyrrole nitrogens is 1. The number of carbonyl (C=O) groups excluding carboxylic acids is 1. The normalized spacial score (nSPS) is 10.4. The second-order valence-electron chi connectivity index (χ2n) is 3.65. The van der Waals surface area contributed by atoms with E-state index in [0.717, 1.165) is 0 Å². The molecule has 0 unspecified atom stereocenters. The van der Waals surface area contributed by atoms with Crippen molar-refractivity contribution in [2.45, 2.75) is 0 Å². The minimum atomic E-state index is -0.547. The van der Waals surface area contributed by atoms with Crippen molar-refractivity contribution < 1.29 is 19.0 Å². The van der Waals surface area contributed by atoms with Crippen molar-refractivity contribution in [2.24, 2.45) is 5.73 Å². The Balaban J connectivity index is 2.82. The number of hydrogen-bond acceptors (Lipinski definition) is 4. The third-order valence-corrected chi connectivity index (χ3v) is 2.71. The van der Waals surface area contributed by atoms with E-state index in [-0.39, 0.29) is 5.69 Å². The summed E-state index contributed by atoms with van der Waals surface area (Å²) in [4.78, 5) is 14.1. The SMILES string of the molecule is COc1cc(OC)c2cc(C(N)=O)[nH]c2c1OC. The van der Waals surface area contributed by atoms with Crippen LogP contribution >= 0.6 is 0 Å². The number of hydrogen-bond donors (Lipinski definition) is 2. The summed E-state index contributed by atoms with van der Waals surface area (Å²) in [6.45, 7) is 0. The number of aromatic nitrogens is 1. The van der Waals surface area contributed by atoms with Crippen molar-refractivity contribution in [1.82, 2.24) is 4.98 Å². The summed E-state index contributed by atoms with van der Waals surface area (Å²) in [6.07, 6.45) is 0. The van der Waals surface area contributed by atoms with Crippen molar-refractivity contribution in [3.05, 3.63) is 17.8 Å². The molecule has 2 rings (SSSR count). The first kappa shape index (κ1) is 12.1. The molecule has 0 atom stereocenters. The minimum absolute atomic E-state index is 0.287. The van der Waals surface area contributed by atoms with Crippen LogP contribution in [-0.2, 0) is 0 Å². The van der Waals surface area contributed by atoms with E-state index in [1.165, 1.54) is 21.3 Å². The maximum atomic E-state index is 11.2. The van der Waals surface area contributed by atoms with Crippen LogP contribution in [0.25, 0.3) is 10.9 Å². The quantitative estimate of drug-likeness (QED) is 0.856. The minimum Gasteiger partial charge on any atom is -0.496 e.